The quantitative estimate of drug-likeness (QED) is 0.163. The third kappa shape index (κ3) is 6.33. The summed E-state index contributed by atoms with van der Waals surface area (Å²) in [7, 11) is 17.0. The second-order valence-corrected chi connectivity index (χ2v) is 16.4. The van der Waals surface area contributed by atoms with Crippen molar-refractivity contribution >= 4 is 103 Å². The Balaban J connectivity index is 1.22. The van der Waals surface area contributed by atoms with Crippen molar-refractivity contribution in [2.24, 2.45) is 0 Å². The van der Waals surface area contributed by atoms with E-state index >= 15 is 0 Å². The van der Waals surface area contributed by atoms with Gasteiger partial charge in [0, 0.05) is 113 Å². The minimum absolute atomic E-state index is 0.0521. The zero-order chi connectivity index (χ0) is 40.2. The number of benzene rings is 7. The lowest BCUT2D eigenvalue weighted by molar-refractivity contribution is 1.12. The highest BCUT2D eigenvalue weighted by atomic mass is 15.2. The van der Waals surface area contributed by atoms with E-state index in [-0.39, 0.29) is 13.4 Å². The number of hydrogen-bond acceptors (Lipinski definition) is 6. The molecule has 0 atom stereocenters. The van der Waals surface area contributed by atoms with Crippen molar-refractivity contribution in [3.8, 4) is 0 Å². The van der Waals surface area contributed by atoms with Crippen LogP contribution in [0.15, 0.2) is 158 Å². The summed E-state index contributed by atoms with van der Waals surface area (Å²) in [4.78, 5) is 13.7. The molecule has 0 amide bonds. The molecule has 0 radical (unpaired) electrons. The third-order valence-electron chi connectivity index (χ3n) is 12.0. The average Bonchev–Trinajstić information content (AvgIpc) is 3.24. The van der Waals surface area contributed by atoms with Crippen LogP contribution in [0.3, 0.4) is 0 Å². The van der Waals surface area contributed by atoms with Gasteiger partial charge < -0.3 is 29.4 Å². The van der Waals surface area contributed by atoms with Gasteiger partial charge in [0.25, 0.3) is 0 Å². The van der Waals surface area contributed by atoms with Gasteiger partial charge in [-0.25, -0.2) is 0 Å². The summed E-state index contributed by atoms with van der Waals surface area (Å²) in [6.45, 7) is 0.104. The van der Waals surface area contributed by atoms with Crippen LogP contribution in [0.5, 0.6) is 0 Å². The van der Waals surface area contributed by atoms with E-state index < -0.39 is 0 Å². The molecule has 2 aliphatic heterocycles. The molecule has 0 saturated heterocycles. The van der Waals surface area contributed by atoms with Crippen LogP contribution in [0, 0.1) is 0 Å². The second-order valence-electron chi connectivity index (χ2n) is 16.4. The summed E-state index contributed by atoms with van der Waals surface area (Å²) >= 11 is 0. The largest absolute Gasteiger partial charge is 0.378 e. The normalized spacial score (nSPS) is 12.7. The van der Waals surface area contributed by atoms with E-state index in [1.807, 2.05) is 0 Å². The van der Waals surface area contributed by atoms with Gasteiger partial charge in [0.05, 0.1) is 0 Å². The number of anilines is 10. The molecular weight excluding hydrogens is 706 g/mol. The number of rotatable bonds is 8. The Bertz CT molecular complexity index is 2310. The molecule has 58 heavy (non-hydrogen) atoms. The van der Waals surface area contributed by atoms with E-state index in [9.17, 15) is 0 Å². The number of nitrogens with zero attached hydrogens (tertiary/aromatic N) is 6. The maximum Gasteiger partial charge on any atom is 0.246 e. The van der Waals surface area contributed by atoms with Crippen molar-refractivity contribution in [2.75, 3.05) is 85.8 Å². The average molecular weight is 757 g/mol. The Kier molecular flexibility index (Phi) is 9.44. The summed E-state index contributed by atoms with van der Waals surface area (Å²) in [5, 5.41) is 0. The van der Waals surface area contributed by atoms with E-state index in [2.05, 4.69) is 244 Å². The van der Waals surface area contributed by atoms with Gasteiger partial charge in [0.2, 0.25) is 13.4 Å². The van der Waals surface area contributed by atoms with E-state index in [1.54, 1.807) is 0 Å². The highest BCUT2D eigenvalue weighted by molar-refractivity contribution is 6.99. The molecule has 2 aliphatic rings. The van der Waals surface area contributed by atoms with Gasteiger partial charge in [-0.1, -0.05) is 95.9 Å². The first-order chi connectivity index (χ1) is 28.1. The van der Waals surface area contributed by atoms with Gasteiger partial charge in [-0.3, -0.25) is 0 Å². The van der Waals surface area contributed by atoms with Gasteiger partial charge in [-0.15, -0.1) is 0 Å². The standard InChI is InChI=1S/C50H50B2N6/c1-53(2)39-23-27-43-47(31-39)57(37-15-11-9-12-16-37)48-32-40(54(3)4)24-28-44(48)51(43)35-19-21-36(22-20-35)52-45-29-25-41(55(5)6)33-49(45)58(38-17-13-10-14-18-38)50-34-42(56(7)8)26-30-46(50)52/h9-34H,1-8H3. The Morgan fingerprint density at radius 2 is 0.569 bits per heavy atom. The molecule has 0 N–H and O–H groups in total. The van der Waals surface area contributed by atoms with Crippen molar-refractivity contribution in [2.45, 2.75) is 0 Å². The van der Waals surface area contributed by atoms with Crippen LogP contribution < -0.4 is 62.2 Å². The van der Waals surface area contributed by atoms with E-state index in [0.717, 1.165) is 11.4 Å². The van der Waals surface area contributed by atoms with E-state index in [4.69, 9.17) is 0 Å². The number of hydrogen-bond donors (Lipinski definition) is 0. The van der Waals surface area contributed by atoms with Crippen LogP contribution in [0.25, 0.3) is 0 Å². The maximum absolute atomic E-state index is 2.45. The molecule has 6 nitrogen and oxygen atoms in total. The highest BCUT2D eigenvalue weighted by Crippen LogP contribution is 2.40. The van der Waals surface area contributed by atoms with Crippen LogP contribution in [-0.2, 0) is 0 Å². The first kappa shape index (κ1) is 37.1. The fraction of sp³-hybridized carbons (Fsp3) is 0.160. The molecule has 286 valence electrons. The van der Waals surface area contributed by atoms with Gasteiger partial charge in [-0.05, 0) is 94.6 Å². The molecule has 0 fully saturated rings. The number of fused-ring (bicyclic) bond motifs is 4. The fourth-order valence-electron chi connectivity index (χ4n) is 8.90. The molecule has 0 saturated carbocycles. The summed E-state index contributed by atoms with van der Waals surface area (Å²) < 4.78 is 0. The van der Waals surface area contributed by atoms with Crippen LogP contribution in [-0.4, -0.2) is 69.8 Å². The van der Waals surface area contributed by atoms with Crippen molar-refractivity contribution < 1.29 is 0 Å². The second kappa shape index (κ2) is 14.8. The van der Waals surface area contributed by atoms with E-state index in [1.165, 1.54) is 78.3 Å². The van der Waals surface area contributed by atoms with Gasteiger partial charge in [-0.2, -0.15) is 0 Å². The van der Waals surface area contributed by atoms with Gasteiger partial charge in [0.1, 0.15) is 0 Å². The lowest BCUT2D eigenvalue weighted by Crippen LogP contribution is -2.59. The van der Waals surface area contributed by atoms with Crippen LogP contribution in [0.2, 0.25) is 0 Å². The molecule has 9 rings (SSSR count). The molecule has 7 aromatic rings. The molecule has 0 unspecified atom stereocenters. The lowest BCUT2D eigenvalue weighted by atomic mass is 9.33. The minimum Gasteiger partial charge on any atom is -0.378 e. The van der Waals surface area contributed by atoms with E-state index in [0.29, 0.717) is 0 Å². The third-order valence-corrected chi connectivity index (χ3v) is 12.0. The van der Waals surface area contributed by atoms with Crippen LogP contribution in [0.1, 0.15) is 0 Å². The van der Waals surface area contributed by atoms with Crippen LogP contribution >= 0.6 is 0 Å². The smallest absolute Gasteiger partial charge is 0.246 e. The molecular formula is C50H50B2N6. The molecule has 0 aromatic heterocycles. The van der Waals surface area contributed by atoms with Gasteiger partial charge in [0.15, 0.2) is 0 Å². The van der Waals surface area contributed by atoms with Crippen molar-refractivity contribution in [3.05, 3.63) is 158 Å². The SMILES string of the molecule is CN(C)c1ccc2c(c1)N(c1ccccc1)c1cc(N(C)C)ccc1B2c1ccc(B2c3ccc(N(C)C)cc3N(c3ccccc3)c3cc(N(C)C)ccc32)cc1. The first-order valence-corrected chi connectivity index (χ1v) is 20.1. The Morgan fingerprint density at radius 3 is 0.810 bits per heavy atom. The topological polar surface area (TPSA) is 19.4 Å². The van der Waals surface area contributed by atoms with Crippen molar-refractivity contribution in [1.29, 1.82) is 0 Å². The first-order valence-electron chi connectivity index (χ1n) is 20.1. The molecule has 8 heteroatoms. The van der Waals surface area contributed by atoms with Crippen LogP contribution in [0.4, 0.5) is 56.9 Å². The predicted molar refractivity (Wildman–Crippen MR) is 255 cm³/mol. The Labute approximate surface area is 345 Å². The predicted octanol–water partition coefficient (Wildman–Crippen LogP) is 6.55. The fourth-order valence-corrected chi connectivity index (χ4v) is 8.90. The molecule has 0 bridgehead atoms. The summed E-state index contributed by atoms with van der Waals surface area (Å²) in [6, 6.07) is 59.0. The van der Waals surface area contributed by atoms with Crippen molar-refractivity contribution in [3.63, 3.8) is 0 Å². The van der Waals surface area contributed by atoms with Gasteiger partial charge >= 0.3 is 0 Å². The molecule has 0 aliphatic carbocycles. The Hall–Kier alpha value is -6.53. The summed E-state index contributed by atoms with van der Waals surface area (Å²) in [5.41, 5.74) is 19.6. The number of para-hydroxylation sites is 2. The highest BCUT2D eigenvalue weighted by Gasteiger charge is 2.38. The monoisotopic (exact) mass is 756 g/mol. The Morgan fingerprint density at radius 1 is 0.310 bits per heavy atom. The molecule has 2 heterocycles. The lowest BCUT2D eigenvalue weighted by Gasteiger charge is -2.39. The van der Waals surface area contributed by atoms with Crippen molar-refractivity contribution in [1.82, 2.24) is 0 Å². The maximum atomic E-state index is 2.45. The minimum atomic E-state index is 0.0521. The summed E-state index contributed by atoms with van der Waals surface area (Å²) in [6.07, 6.45) is 0. The summed E-state index contributed by atoms with van der Waals surface area (Å²) in [5.74, 6) is 0. The zero-order valence-corrected chi connectivity index (χ0v) is 34.8. The molecule has 0 spiro atoms. The zero-order valence-electron chi connectivity index (χ0n) is 34.8. The molecule has 7 aromatic carbocycles.